The van der Waals surface area contributed by atoms with Crippen molar-refractivity contribution in [2.24, 2.45) is 0 Å². The highest BCUT2D eigenvalue weighted by Gasteiger charge is 2.09. The summed E-state index contributed by atoms with van der Waals surface area (Å²) in [5.74, 6) is -0.124. The Labute approximate surface area is 102 Å². The molecule has 1 atom stereocenters. The second kappa shape index (κ2) is 6.25. The van der Waals surface area contributed by atoms with E-state index in [0.29, 0.717) is 17.8 Å². The molecule has 0 fully saturated rings. The monoisotopic (exact) mass is 291 g/mol. The van der Waals surface area contributed by atoms with Crippen LogP contribution in [0.5, 0.6) is 0 Å². The summed E-state index contributed by atoms with van der Waals surface area (Å²) in [7, 11) is 0. The van der Waals surface area contributed by atoms with Gasteiger partial charge in [0.05, 0.1) is 14.8 Å². The van der Waals surface area contributed by atoms with Gasteiger partial charge in [0.2, 0.25) is 0 Å². The lowest BCUT2D eigenvalue weighted by Gasteiger charge is -2.09. The Balaban J connectivity index is 2.36. The zero-order valence-corrected chi connectivity index (χ0v) is 10.9. The second-order valence-electron chi connectivity index (χ2n) is 3.26. The van der Waals surface area contributed by atoms with Gasteiger partial charge in [0.1, 0.15) is 0 Å². The molecule has 15 heavy (non-hydrogen) atoms. The van der Waals surface area contributed by atoms with Gasteiger partial charge in [0, 0.05) is 6.54 Å². The van der Waals surface area contributed by atoms with E-state index in [1.165, 1.54) is 11.3 Å². The molecule has 2 N–H and O–H groups in total. The molecule has 0 aliphatic rings. The summed E-state index contributed by atoms with van der Waals surface area (Å²) in [6.45, 7) is 2.32. The smallest absolute Gasteiger partial charge is 0.261 e. The van der Waals surface area contributed by atoms with Crippen LogP contribution in [0.15, 0.2) is 15.9 Å². The highest BCUT2D eigenvalue weighted by atomic mass is 79.9. The van der Waals surface area contributed by atoms with Gasteiger partial charge in [0.25, 0.3) is 5.91 Å². The molecular weight excluding hydrogens is 278 g/mol. The van der Waals surface area contributed by atoms with E-state index in [1.54, 1.807) is 6.07 Å². The SMILES string of the molecule is CCCC(O)CNC(=O)c1ccc(Br)s1. The van der Waals surface area contributed by atoms with Gasteiger partial charge < -0.3 is 10.4 Å². The van der Waals surface area contributed by atoms with Crippen LogP contribution in [0.4, 0.5) is 0 Å². The predicted molar refractivity (Wildman–Crippen MR) is 65.3 cm³/mol. The van der Waals surface area contributed by atoms with Crippen molar-refractivity contribution in [2.75, 3.05) is 6.54 Å². The summed E-state index contributed by atoms with van der Waals surface area (Å²) in [6.07, 6.45) is 1.19. The molecule has 0 saturated carbocycles. The van der Waals surface area contributed by atoms with Crippen molar-refractivity contribution in [1.29, 1.82) is 0 Å². The van der Waals surface area contributed by atoms with Crippen LogP contribution < -0.4 is 5.32 Å². The number of carbonyl (C=O) groups is 1. The predicted octanol–water partition coefficient (Wildman–Crippen LogP) is 2.40. The van der Waals surface area contributed by atoms with E-state index in [0.717, 1.165) is 10.2 Å². The number of aliphatic hydroxyl groups is 1. The van der Waals surface area contributed by atoms with Crippen LogP contribution in [0, 0.1) is 0 Å². The van der Waals surface area contributed by atoms with Crippen LogP contribution in [0.1, 0.15) is 29.4 Å². The maximum absolute atomic E-state index is 11.5. The van der Waals surface area contributed by atoms with Gasteiger partial charge in [0.15, 0.2) is 0 Å². The molecule has 1 amide bonds. The van der Waals surface area contributed by atoms with Crippen molar-refractivity contribution in [3.63, 3.8) is 0 Å². The van der Waals surface area contributed by atoms with Gasteiger partial charge >= 0.3 is 0 Å². The average Bonchev–Trinajstić information content (AvgIpc) is 2.62. The number of aliphatic hydroxyl groups excluding tert-OH is 1. The molecule has 1 aromatic heterocycles. The minimum atomic E-state index is -0.442. The third kappa shape index (κ3) is 4.32. The molecule has 0 spiro atoms. The lowest BCUT2D eigenvalue weighted by Crippen LogP contribution is -2.31. The topological polar surface area (TPSA) is 49.3 Å². The third-order valence-corrected chi connectivity index (χ3v) is 3.54. The minimum absolute atomic E-state index is 0.124. The fourth-order valence-corrected chi connectivity index (χ4v) is 2.47. The molecule has 0 aliphatic carbocycles. The van der Waals surface area contributed by atoms with Crippen molar-refractivity contribution in [2.45, 2.75) is 25.9 Å². The molecule has 0 radical (unpaired) electrons. The van der Waals surface area contributed by atoms with Gasteiger partial charge in [-0.3, -0.25) is 4.79 Å². The molecular formula is C10H14BrNO2S. The molecule has 1 rings (SSSR count). The molecule has 5 heteroatoms. The Morgan fingerprint density at radius 1 is 1.67 bits per heavy atom. The van der Waals surface area contributed by atoms with Crippen LogP contribution in [-0.2, 0) is 0 Å². The molecule has 0 aliphatic heterocycles. The van der Waals surface area contributed by atoms with Gasteiger partial charge in [-0.2, -0.15) is 0 Å². The van der Waals surface area contributed by atoms with Crippen molar-refractivity contribution >= 4 is 33.2 Å². The highest BCUT2D eigenvalue weighted by Crippen LogP contribution is 2.21. The largest absolute Gasteiger partial charge is 0.391 e. The van der Waals surface area contributed by atoms with Crippen LogP contribution >= 0.6 is 27.3 Å². The number of nitrogens with one attached hydrogen (secondary N) is 1. The Morgan fingerprint density at radius 2 is 2.40 bits per heavy atom. The van der Waals surface area contributed by atoms with Gasteiger partial charge in [-0.25, -0.2) is 0 Å². The van der Waals surface area contributed by atoms with Crippen molar-refractivity contribution < 1.29 is 9.90 Å². The average molecular weight is 292 g/mol. The van der Waals surface area contributed by atoms with Crippen LogP contribution in [0.3, 0.4) is 0 Å². The lowest BCUT2D eigenvalue weighted by molar-refractivity contribution is 0.0914. The maximum Gasteiger partial charge on any atom is 0.261 e. The zero-order chi connectivity index (χ0) is 11.3. The summed E-state index contributed by atoms with van der Waals surface area (Å²) >= 11 is 4.68. The summed E-state index contributed by atoms with van der Waals surface area (Å²) in [5.41, 5.74) is 0. The van der Waals surface area contributed by atoms with E-state index >= 15 is 0 Å². The molecule has 84 valence electrons. The van der Waals surface area contributed by atoms with E-state index in [-0.39, 0.29) is 5.91 Å². The molecule has 0 bridgehead atoms. The molecule has 1 heterocycles. The van der Waals surface area contributed by atoms with E-state index in [9.17, 15) is 9.90 Å². The Hall–Kier alpha value is -0.390. The normalized spacial score (nSPS) is 12.5. The molecule has 1 aromatic rings. The van der Waals surface area contributed by atoms with Gasteiger partial charge in [-0.05, 0) is 34.5 Å². The molecule has 0 saturated heterocycles. The van der Waals surface area contributed by atoms with Gasteiger partial charge in [-0.1, -0.05) is 13.3 Å². The summed E-state index contributed by atoms with van der Waals surface area (Å²) in [5, 5.41) is 12.1. The standard InChI is InChI=1S/C10H14BrNO2S/c1-2-3-7(13)6-12-10(14)8-4-5-9(11)15-8/h4-5,7,13H,2-3,6H2,1H3,(H,12,14). The first-order valence-electron chi connectivity index (χ1n) is 4.85. The van der Waals surface area contributed by atoms with Crippen LogP contribution in [0.25, 0.3) is 0 Å². The molecule has 1 unspecified atom stereocenters. The fourth-order valence-electron chi connectivity index (χ4n) is 1.17. The Bertz CT molecular complexity index is 327. The number of rotatable bonds is 5. The third-order valence-electron chi connectivity index (χ3n) is 1.92. The lowest BCUT2D eigenvalue weighted by atomic mass is 10.2. The minimum Gasteiger partial charge on any atom is -0.391 e. The summed E-state index contributed by atoms with van der Waals surface area (Å²) < 4.78 is 0.932. The molecule has 3 nitrogen and oxygen atoms in total. The fraction of sp³-hybridized carbons (Fsp3) is 0.500. The highest BCUT2D eigenvalue weighted by molar-refractivity contribution is 9.11. The van der Waals surface area contributed by atoms with E-state index < -0.39 is 6.10 Å². The number of carbonyl (C=O) groups excluding carboxylic acids is 1. The first-order valence-corrected chi connectivity index (χ1v) is 6.46. The van der Waals surface area contributed by atoms with E-state index in [4.69, 9.17) is 0 Å². The zero-order valence-electron chi connectivity index (χ0n) is 8.50. The summed E-state index contributed by atoms with van der Waals surface area (Å²) in [6, 6.07) is 3.60. The Kier molecular flexibility index (Phi) is 5.28. The van der Waals surface area contributed by atoms with Gasteiger partial charge in [-0.15, -0.1) is 11.3 Å². The quantitative estimate of drug-likeness (QED) is 0.875. The van der Waals surface area contributed by atoms with Crippen molar-refractivity contribution in [3.8, 4) is 0 Å². The number of hydrogen-bond donors (Lipinski definition) is 2. The Morgan fingerprint density at radius 3 is 2.93 bits per heavy atom. The van der Waals surface area contributed by atoms with E-state index in [1.807, 2.05) is 13.0 Å². The first kappa shape index (κ1) is 12.7. The summed E-state index contributed by atoms with van der Waals surface area (Å²) in [4.78, 5) is 12.2. The molecule has 0 aromatic carbocycles. The number of halogens is 1. The van der Waals surface area contributed by atoms with Crippen molar-refractivity contribution in [1.82, 2.24) is 5.32 Å². The van der Waals surface area contributed by atoms with Crippen molar-refractivity contribution in [3.05, 3.63) is 20.8 Å². The van der Waals surface area contributed by atoms with E-state index in [2.05, 4.69) is 21.2 Å². The number of amides is 1. The number of thiophene rings is 1. The first-order chi connectivity index (χ1) is 7.13. The maximum atomic E-state index is 11.5. The van der Waals surface area contributed by atoms with Crippen LogP contribution in [0.2, 0.25) is 0 Å². The van der Waals surface area contributed by atoms with Crippen LogP contribution in [-0.4, -0.2) is 23.7 Å². The number of hydrogen-bond acceptors (Lipinski definition) is 3. The second-order valence-corrected chi connectivity index (χ2v) is 5.72.